The second-order valence-electron chi connectivity index (χ2n) is 4.80. The molecule has 3 unspecified atom stereocenters. The molecule has 3 heteroatoms. The van der Waals surface area contributed by atoms with E-state index in [9.17, 15) is 4.79 Å². The first-order chi connectivity index (χ1) is 6.81. The van der Waals surface area contributed by atoms with E-state index < -0.39 is 0 Å². The van der Waals surface area contributed by atoms with Crippen LogP contribution in [0.2, 0.25) is 6.04 Å². The third-order valence-corrected chi connectivity index (χ3v) is 4.49. The average Bonchev–Trinajstić information content (AvgIpc) is 2.79. The third-order valence-electron chi connectivity index (χ3n) is 3.78. The normalized spacial score (nSPS) is 35.0. The topological polar surface area (TPSA) is 26.3 Å². The number of esters is 1. The summed E-state index contributed by atoms with van der Waals surface area (Å²) in [4.78, 5) is 11.7. The van der Waals surface area contributed by atoms with Crippen molar-refractivity contribution in [2.24, 2.45) is 17.8 Å². The SMILES string of the molecule is O=C(OCCC[SiH3])C1CC2CCC1C2. The first-order valence-corrected chi connectivity index (χ1v) is 7.39. The Kier molecular flexibility index (Phi) is 3.26. The van der Waals surface area contributed by atoms with Gasteiger partial charge in [-0.1, -0.05) is 12.5 Å². The van der Waals surface area contributed by atoms with Gasteiger partial charge in [0.2, 0.25) is 0 Å². The molecule has 2 nitrogen and oxygen atoms in total. The summed E-state index contributed by atoms with van der Waals surface area (Å²) in [5, 5.41) is 0. The van der Waals surface area contributed by atoms with Crippen LogP contribution in [0.1, 0.15) is 32.1 Å². The van der Waals surface area contributed by atoms with Crippen molar-refractivity contribution in [3.63, 3.8) is 0 Å². The van der Waals surface area contributed by atoms with Gasteiger partial charge in [0.25, 0.3) is 0 Å². The number of ether oxygens (including phenoxy) is 1. The van der Waals surface area contributed by atoms with E-state index >= 15 is 0 Å². The largest absolute Gasteiger partial charge is 0.465 e. The zero-order chi connectivity index (χ0) is 9.97. The number of hydrogen-bond donors (Lipinski definition) is 0. The van der Waals surface area contributed by atoms with E-state index in [0.717, 1.165) is 18.8 Å². The van der Waals surface area contributed by atoms with Crippen molar-refractivity contribution >= 4 is 16.2 Å². The van der Waals surface area contributed by atoms with E-state index in [-0.39, 0.29) is 11.9 Å². The number of carbonyl (C=O) groups excluding carboxylic acids is 1. The molecule has 3 atom stereocenters. The Morgan fingerprint density at radius 2 is 2.21 bits per heavy atom. The van der Waals surface area contributed by atoms with Crippen molar-refractivity contribution in [1.29, 1.82) is 0 Å². The van der Waals surface area contributed by atoms with Crippen LogP contribution in [-0.4, -0.2) is 22.8 Å². The minimum atomic E-state index is 0.104. The molecule has 0 aromatic heterocycles. The lowest BCUT2D eigenvalue weighted by atomic mass is 9.89. The molecule has 0 spiro atoms. The van der Waals surface area contributed by atoms with Crippen LogP contribution in [0, 0.1) is 17.8 Å². The second kappa shape index (κ2) is 4.47. The highest BCUT2D eigenvalue weighted by atomic mass is 28.1. The van der Waals surface area contributed by atoms with Crippen molar-refractivity contribution in [2.75, 3.05) is 6.61 Å². The Morgan fingerprint density at radius 1 is 1.36 bits per heavy atom. The fourth-order valence-corrected chi connectivity index (χ4v) is 3.25. The molecule has 2 fully saturated rings. The highest BCUT2D eigenvalue weighted by Gasteiger charge is 2.43. The van der Waals surface area contributed by atoms with E-state index in [1.807, 2.05) is 0 Å². The van der Waals surface area contributed by atoms with Gasteiger partial charge >= 0.3 is 5.97 Å². The molecule has 2 aliphatic rings. The fourth-order valence-electron chi connectivity index (χ4n) is 2.96. The molecule has 80 valence electrons. The van der Waals surface area contributed by atoms with Crippen LogP contribution in [0.5, 0.6) is 0 Å². The van der Waals surface area contributed by atoms with Gasteiger partial charge in [0.05, 0.1) is 12.5 Å². The van der Waals surface area contributed by atoms with Crippen molar-refractivity contribution in [2.45, 2.75) is 38.1 Å². The molecule has 0 heterocycles. The minimum absolute atomic E-state index is 0.104. The standard InChI is InChI=1S/C11H20O2Si/c12-11(13-4-1-5-14)10-7-8-2-3-9(10)6-8/h8-10H,1-7H2,14H3. The summed E-state index contributed by atoms with van der Waals surface area (Å²) >= 11 is 0. The lowest BCUT2D eigenvalue weighted by Gasteiger charge is -2.19. The number of rotatable bonds is 4. The fraction of sp³-hybridized carbons (Fsp3) is 0.909. The summed E-state index contributed by atoms with van der Waals surface area (Å²) < 4.78 is 5.30. The lowest BCUT2D eigenvalue weighted by molar-refractivity contribution is -0.150. The molecule has 2 rings (SSSR count). The molecule has 0 saturated heterocycles. The third kappa shape index (κ3) is 2.02. The number of carbonyl (C=O) groups is 1. The van der Waals surface area contributed by atoms with Gasteiger partial charge in [-0.3, -0.25) is 4.79 Å². The first kappa shape index (κ1) is 10.2. The van der Waals surface area contributed by atoms with Crippen molar-refractivity contribution in [1.82, 2.24) is 0 Å². The summed E-state index contributed by atoms with van der Waals surface area (Å²) in [6, 6.07) is 1.24. The van der Waals surface area contributed by atoms with Crippen LogP contribution in [0.25, 0.3) is 0 Å². The highest BCUT2D eigenvalue weighted by Crippen LogP contribution is 2.48. The molecule has 0 N–H and O–H groups in total. The molecule has 0 aromatic rings. The summed E-state index contributed by atoms with van der Waals surface area (Å²) in [7, 11) is 1.22. The number of hydrogen-bond acceptors (Lipinski definition) is 2. The molecule has 0 amide bonds. The van der Waals surface area contributed by atoms with E-state index in [0.29, 0.717) is 12.5 Å². The van der Waals surface area contributed by atoms with Crippen molar-refractivity contribution in [3.8, 4) is 0 Å². The van der Waals surface area contributed by atoms with Crippen LogP contribution in [0.15, 0.2) is 0 Å². The van der Waals surface area contributed by atoms with Gasteiger partial charge in [0.15, 0.2) is 0 Å². The van der Waals surface area contributed by atoms with Crippen LogP contribution in [0.3, 0.4) is 0 Å². The number of fused-ring (bicyclic) bond motifs is 2. The first-order valence-electron chi connectivity index (χ1n) is 5.98. The predicted octanol–water partition coefficient (Wildman–Crippen LogP) is 1.14. The molecule has 0 radical (unpaired) electrons. The van der Waals surface area contributed by atoms with Crippen LogP contribution >= 0.6 is 0 Å². The van der Waals surface area contributed by atoms with Crippen molar-refractivity contribution in [3.05, 3.63) is 0 Å². The Morgan fingerprint density at radius 3 is 2.79 bits per heavy atom. The van der Waals surface area contributed by atoms with Gasteiger partial charge in [-0.2, -0.15) is 0 Å². The summed E-state index contributed by atoms with van der Waals surface area (Å²) in [5.74, 6) is 1.88. The van der Waals surface area contributed by atoms with Crippen LogP contribution in [0.4, 0.5) is 0 Å². The zero-order valence-electron chi connectivity index (χ0n) is 9.00. The second-order valence-corrected chi connectivity index (χ2v) is 5.80. The van der Waals surface area contributed by atoms with Gasteiger partial charge in [-0.25, -0.2) is 0 Å². The minimum Gasteiger partial charge on any atom is -0.465 e. The smallest absolute Gasteiger partial charge is 0.309 e. The Labute approximate surface area is 88.8 Å². The highest BCUT2D eigenvalue weighted by molar-refractivity contribution is 6.08. The zero-order valence-corrected chi connectivity index (χ0v) is 11.0. The maximum atomic E-state index is 11.7. The van der Waals surface area contributed by atoms with Gasteiger partial charge in [0.1, 0.15) is 0 Å². The Bertz CT molecular complexity index is 217. The van der Waals surface area contributed by atoms with E-state index in [2.05, 4.69) is 0 Å². The van der Waals surface area contributed by atoms with Gasteiger partial charge < -0.3 is 4.74 Å². The van der Waals surface area contributed by atoms with E-state index in [1.165, 1.54) is 35.5 Å². The quantitative estimate of drug-likeness (QED) is 0.397. The summed E-state index contributed by atoms with van der Waals surface area (Å²) in [5.41, 5.74) is 0. The predicted molar refractivity (Wildman–Crippen MR) is 59.3 cm³/mol. The molecular formula is C11H20O2Si. The van der Waals surface area contributed by atoms with Gasteiger partial charge in [0, 0.05) is 10.2 Å². The monoisotopic (exact) mass is 212 g/mol. The molecule has 2 aliphatic carbocycles. The molecular weight excluding hydrogens is 192 g/mol. The molecule has 2 saturated carbocycles. The summed E-state index contributed by atoms with van der Waals surface area (Å²) in [6.45, 7) is 0.663. The maximum Gasteiger partial charge on any atom is 0.309 e. The van der Waals surface area contributed by atoms with E-state index in [4.69, 9.17) is 4.74 Å². The maximum absolute atomic E-state index is 11.7. The molecule has 2 bridgehead atoms. The van der Waals surface area contributed by atoms with E-state index in [1.54, 1.807) is 0 Å². The molecule has 14 heavy (non-hydrogen) atoms. The average molecular weight is 212 g/mol. The lowest BCUT2D eigenvalue weighted by Crippen LogP contribution is -2.23. The van der Waals surface area contributed by atoms with Gasteiger partial charge in [-0.15, -0.1) is 0 Å². The van der Waals surface area contributed by atoms with Crippen LogP contribution in [-0.2, 0) is 9.53 Å². The molecule has 0 aromatic carbocycles. The summed E-state index contributed by atoms with van der Waals surface area (Å²) in [6.07, 6.45) is 6.10. The Balaban J connectivity index is 1.75. The van der Waals surface area contributed by atoms with Crippen LogP contribution < -0.4 is 0 Å². The van der Waals surface area contributed by atoms with Crippen molar-refractivity contribution < 1.29 is 9.53 Å². The Hall–Kier alpha value is -0.313. The van der Waals surface area contributed by atoms with Gasteiger partial charge in [-0.05, 0) is 37.5 Å². The molecule has 0 aliphatic heterocycles.